The van der Waals surface area contributed by atoms with Crippen molar-refractivity contribution in [3.63, 3.8) is 0 Å². The second-order valence-corrected chi connectivity index (χ2v) is 6.75. The Labute approximate surface area is 163 Å². The number of carbonyl (C=O) groups is 1. The van der Waals surface area contributed by atoms with E-state index in [1.165, 1.54) is 0 Å². The molecule has 1 aromatic carbocycles. The fourth-order valence-corrected chi connectivity index (χ4v) is 3.27. The van der Waals surface area contributed by atoms with Crippen LogP contribution in [0.2, 0.25) is 0 Å². The summed E-state index contributed by atoms with van der Waals surface area (Å²) in [6, 6.07) is 11.4. The fraction of sp³-hybridized carbons (Fsp3) is 0.350. The average Bonchev–Trinajstić information content (AvgIpc) is 3.04. The first-order valence-corrected chi connectivity index (χ1v) is 9.43. The number of ether oxygens (including phenoxy) is 1. The van der Waals surface area contributed by atoms with Gasteiger partial charge in [0, 0.05) is 45.0 Å². The van der Waals surface area contributed by atoms with E-state index in [-0.39, 0.29) is 5.91 Å². The van der Waals surface area contributed by atoms with Gasteiger partial charge in [-0.2, -0.15) is 0 Å². The number of anilines is 2. The number of hydrogen-bond acceptors (Lipinski definition) is 6. The smallest absolute Gasteiger partial charge is 0.251 e. The molecule has 8 nitrogen and oxygen atoms in total. The van der Waals surface area contributed by atoms with Crippen molar-refractivity contribution in [2.24, 2.45) is 7.05 Å². The van der Waals surface area contributed by atoms with Crippen molar-refractivity contribution in [2.45, 2.75) is 0 Å². The average molecular weight is 380 g/mol. The van der Waals surface area contributed by atoms with E-state index in [2.05, 4.69) is 25.5 Å². The van der Waals surface area contributed by atoms with Gasteiger partial charge in [0.1, 0.15) is 5.82 Å². The molecular formula is C20H24N6O2. The number of rotatable bonds is 6. The van der Waals surface area contributed by atoms with Gasteiger partial charge in [0.25, 0.3) is 5.91 Å². The number of nitrogens with one attached hydrogen (secondary N) is 2. The highest BCUT2D eigenvalue weighted by molar-refractivity contribution is 5.94. The first-order chi connectivity index (χ1) is 13.7. The maximum absolute atomic E-state index is 12.5. The van der Waals surface area contributed by atoms with Crippen LogP contribution < -0.4 is 10.6 Å². The highest BCUT2D eigenvalue weighted by Gasteiger charge is 2.12. The molecular weight excluding hydrogens is 356 g/mol. The van der Waals surface area contributed by atoms with Crippen molar-refractivity contribution in [3.05, 3.63) is 48.2 Å². The molecule has 28 heavy (non-hydrogen) atoms. The number of carbonyl (C=O) groups excluding carboxylic acids is 1. The molecule has 2 aromatic heterocycles. The number of morpholine rings is 1. The Bertz CT molecular complexity index is 964. The number of aromatic nitrogens is 3. The second kappa shape index (κ2) is 8.37. The lowest BCUT2D eigenvalue weighted by Gasteiger charge is -2.26. The van der Waals surface area contributed by atoms with E-state index in [1.807, 2.05) is 35.9 Å². The summed E-state index contributed by atoms with van der Waals surface area (Å²) in [4.78, 5) is 23.6. The number of pyridine rings is 1. The third-order valence-electron chi connectivity index (χ3n) is 4.87. The summed E-state index contributed by atoms with van der Waals surface area (Å²) in [5.74, 6) is 1.15. The summed E-state index contributed by atoms with van der Waals surface area (Å²) in [5.41, 5.74) is 2.50. The Kier molecular flexibility index (Phi) is 5.50. The predicted octanol–water partition coefficient (Wildman–Crippen LogP) is 1.77. The van der Waals surface area contributed by atoms with E-state index in [9.17, 15) is 4.79 Å². The van der Waals surface area contributed by atoms with Crippen LogP contribution in [0.3, 0.4) is 0 Å². The normalized spacial score (nSPS) is 14.9. The van der Waals surface area contributed by atoms with Crippen molar-refractivity contribution >= 4 is 28.7 Å². The van der Waals surface area contributed by atoms with E-state index in [0.29, 0.717) is 23.9 Å². The molecule has 0 radical (unpaired) electrons. The monoisotopic (exact) mass is 380 g/mol. The van der Waals surface area contributed by atoms with Gasteiger partial charge in [-0.15, -0.1) is 0 Å². The Balaban J connectivity index is 1.39. The summed E-state index contributed by atoms with van der Waals surface area (Å²) in [7, 11) is 1.94. The molecule has 1 fully saturated rings. The van der Waals surface area contributed by atoms with Gasteiger partial charge in [-0.05, 0) is 24.3 Å². The minimum atomic E-state index is -0.108. The topological polar surface area (TPSA) is 84.3 Å². The summed E-state index contributed by atoms with van der Waals surface area (Å²) < 4.78 is 7.30. The van der Waals surface area contributed by atoms with Gasteiger partial charge in [0.05, 0.1) is 24.2 Å². The summed E-state index contributed by atoms with van der Waals surface area (Å²) in [6.45, 7) is 4.78. The highest BCUT2D eigenvalue weighted by Crippen LogP contribution is 2.20. The van der Waals surface area contributed by atoms with E-state index in [1.54, 1.807) is 18.3 Å². The maximum atomic E-state index is 12.5. The highest BCUT2D eigenvalue weighted by atomic mass is 16.5. The molecule has 1 aliphatic heterocycles. The third-order valence-corrected chi connectivity index (χ3v) is 4.87. The van der Waals surface area contributed by atoms with Gasteiger partial charge in [0.2, 0.25) is 5.95 Å². The van der Waals surface area contributed by atoms with Crippen LogP contribution >= 0.6 is 0 Å². The molecule has 0 saturated carbocycles. The molecule has 1 amide bonds. The van der Waals surface area contributed by atoms with E-state index < -0.39 is 0 Å². The number of benzene rings is 1. The zero-order valence-electron chi connectivity index (χ0n) is 15.9. The summed E-state index contributed by atoms with van der Waals surface area (Å²) in [6.07, 6.45) is 1.63. The molecule has 146 valence electrons. The minimum absolute atomic E-state index is 0.108. The molecule has 0 spiro atoms. The van der Waals surface area contributed by atoms with Crippen LogP contribution in [0.5, 0.6) is 0 Å². The molecule has 3 heterocycles. The van der Waals surface area contributed by atoms with E-state index >= 15 is 0 Å². The fourth-order valence-electron chi connectivity index (χ4n) is 3.27. The van der Waals surface area contributed by atoms with Crippen molar-refractivity contribution in [1.82, 2.24) is 24.8 Å². The van der Waals surface area contributed by atoms with Gasteiger partial charge in [-0.3, -0.25) is 9.69 Å². The molecule has 0 unspecified atom stereocenters. The first-order valence-electron chi connectivity index (χ1n) is 9.43. The van der Waals surface area contributed by atoms with Gasteiger partial charge < -0.3 is 19.9 Å². The Morgan fingerprint density at radius 3 is 2.86 bits per heavy atom. The summed E-state index contributed by atoms with van der Waals surface area (Å²) >= 11 is 0. The van der Waals surface area contributed by atoms with Gasteiger partial charge in [0.15, 0.2) is 0 Å². The number of nitrogens with zero attached hydrogens (tertiary/aromatic N) is 4. The molecule has 0 aliphatic carbocycles. The number of amides is 1. The first kappa shape index (κ1) is 18.4. The van der Waals surface area contributed by atoms with Crippen LogP contribution in [0, 0.1) is 0 Å². The number of fused-ring (bicyclic) bond motifs is 1. The van der Waals surface area contributed by atoms with Crippen LogP contribution in [0.25, 0.3) is 11.0 Å². The zero-order valence-corrected chi connectivity index (χ0v) is 15.9. The lowest BCUT2D eigenvalue weighted by atomic mass is 10.2. The molecule has 3 aromatic rings. The Morgan fingerprint density at radius 2 is 2.04 bits per heavy atom. The molecule has 1 aliphatic rings. The maximum Gasteiger partial charge on any atom is 0.251 e. The largest absolute Gasteiger partial charge is 0.379 e. The van der Waals surface area contributed by atoms with Crippen LogP contribution in [-0.4, -0.2) is 64.7 Å². The third kappa shape index (κ3) is 4.13. The lowest BCUT2D eigenvalue weighted by Crippen LogP contribution is -2.41. The molecule has 1 saturated heterocycles. The summed E-state index contributed by atoms with van der Waals surface area (Å²) in [5, 5.41) is 6.18. The molecule has 4 rings (SSSR count). The molecule has 2 N–H and O–H groups in total. The predicted molar refractivity (Wildman–Crippen MR) is 108 cm³/mol. The zero-order chi connectivity index (χ0) is 19.3. The number of hydrogen-bond donors (Lipinski definition) is 2. The van der Waals surface area contributed by atoms with Crippen LogP contribution in [0.15, 0.2) is 42.6 Å². The Hall–Kier alpha value is -2.97. The van der Waals surface area contributed by atoms with Crippen molar-refractivity contribution in [3.8, 4) is 0 Å². The minimum Gasteiger partial charge on any atom is -0.379 e. The van der Waals surface area contributed by atoms with Crippen LogP contribution in [0.4, 0.5) is 11.8 Å². The quantitative estimate of drug-likeness (QED) is 0.678. The molecule has 0 atom stereocenters. The van der Waals surface area contributed by atoms with Gasteiger partial charge in [-0.1, -0.05) is 12.1 Å². The molecule has 8 heteroatoms. The Morgan fingerprint density at radius 1 is 1.21 bits per heavy atom. The van der Waals surface area contributed by atoms with Gasteiger partial charge in [-0.25, -0.2) is 9.97 Å². The lowest BCUT2D eigenvalue weighted by molar-refractivity contribution is 0.0383. The van der Waals surface area contributed by atoms with Crippen LogP contribution in [0.1, 0.15) is 10.4 Å². The standard InChI is InChI=1S/C20H24N6O2/c1-25-17-5-3-2-4-16(17)23-20(25)24-18-14-15(6-7-21-18)19(27)22-8-9-26-10-12-28-13-11-26/h2-7,14H,8-13H2,1H3,(H,22,27)(H,21,23,24). The number of para-hydroxylation sites is 2. The van der Waals surface area contributed by atoms with Gasteiger partial charge >= 0.3 is 0 Å². The van der Waals surface area contributed by atoms with Crippen molar-refractivity contribution in [2.75, 3.05) is 44.7 Å². The van der Waals surface area contributed by atoms with E-state index in [4.69, 9.17) is 4.74 Å². The SMILES string of the molecule is Cn1c(Nc2cc(C(=O)NCCN3CCOCC3)ccn2)nc2ccccc21. The number of aryl methyl sites for hydroxylation is 1. The second-order valence-electron chi connectivity index (χ2n) is 6.75. The van der Waals surface area contributed by atoms with Crippen molar-refractivity contribution < 1.29 is 9.53 Å². The molecule has 0 bridgehead atoms. The van der Waals surface area contributed by atoms with Crippen molar-refractivity contribution in [1.29, 1.82) is 0 Å². The van der Waals surface area contributed by atoms with E-state index in [0.717, 1.165) is 43.9 Å². The number of imidazole rings is 1. The van der Waals surface area contributed by atoms with Crippen LogP contribution in [-0.2, 0) is 11.8 Å².